The number of benzene rings is 1. The van der Waals surface area contributed by atoms with E-state index in [0.29, 0.717) is 18.1 Å². The normalized spacial score (nSPS) is 10.2. The Hall–Kier alpha value is -2.21. The van der Waals surface area contributed by atoms with Gasteiger partial charge in [0.05, 0.1) is 5.02 Å². The summed E-state index contributed by atoms with van der Waals surface area (Å²) in [5.41, 5.74) is 0.828. The molecule has 0 fully saturated rings. The summed E-state index contributed by atoms with van der Waals surface area (Å²) < 4.78 is 13.1. The summed E-state index contributed by atoms with van der Waals surface area (Å²) in [5, 5.41) is 5.68. The van der Waals surface area contributed by atoms with E-state index in [1.54, 1.807) is 0 Å². The maximum Gasteiger partial charge on any atom is 0.270 e. The minimum Gasteiger partial charge on any atom is -0.351 e. The third-order valence-corrected chi connectivity index (χ3v) is 2.92. The molecular formula is C14H14ClFN4O. The molecule has 0 radical (unpaired) electrons. The van der Waals surface area contributed by atoms with Crippen LogP contribution in [0.2, 0.25) is 5.02 Å². The minimum absolute atomic E-state index is 0.00923. The molecule has 0 unspecified atom stereocenters. The molecule has 0 saturated carbocycles. The van der Waals surface area contributed by atoms with Gasteiger partial charge in [-0.25, -0.2) is 14.4 Å². The van der Waals surface area contributed by atoms with Gasteiger partial charge < -0.3 is 10.6 Å². The lowest BCUT2D eigenvalue weighted by Crippen LogP contribution is -2.25. The largest absolute Gasteiger partial charge is 0.351 e. The number of halogens is 2. The molecule has 1 heterocycles. The Morgan fingerprint density at radius 1 is 1.33 bits per heavy atom. The maximum absolute atomic E-state index is 13.1. The Morgan fingerprint density at radius 3 is 2.86 bits per heavy atom. The zero-order valence-electron chi connectivity index (χ0n) is 11.4. The third-order valence-electron chi connectivity index (χ3n) is 2.63. The quantitative estimate of drug-likeness (QED) is 0.890. The third kappa shape index (κ3) is 4.13. The summed E-state index contributed by atoms with van der Waals surface area (Å²) in [6.45, 7) is 2.55. The van der Waals surface area contributed by atoms with Crippen molar-refractivity contribution in [3.8, 4) is 0 Å². The van der Waals surface area contributed by atoms with Crippen LogP contribution in [0.15, 0.2) is 30.6 Å². The summed E-state index contributed by atoms with van der Waals surface area (Å²) in [6.07, 6.45) is 2.13. The average Bonchev–Trinajstić information content (AvgIpc) is 2.49. The van der Waals surface area contributed by atoms with Gasteiger partial charge in [0.1, 0.15) is 23.7 Å². The molecule has 0 bridgehead atoms. The van der Waals surface area contributed by atoms with Crippen LogP contribution < -0.4 is 10.6 Å². The molecule has 21 heavy (non-hydrogen) atoms. The molecule has 1 amide bonds. The van der Waals surface area contributed by atoms with Crippen LogP contribution in [0.3, 0.4) is 0 Å². The highest BCUT2D eigenvalue weighted by Gasteiger charge is 2.08. The first-order valence-electron chi connectivity index (χ1n) is 6.42. The van der Waals surface area contributed by atoms with Crippen molar-refractivity contribution in [2.45, 2.75) is 13.3 Å². The van der Waals surface area contributed by atoms with E-state index in [9.17, 15) is 9.18 Å². The number of hydrogen-bond acceptors (Lipinski definition) is 4. The lowest BCUT2D eigenvalue weighted by molar-refractivity contribution is 0.0948. The van der Waals surface area contributed by atoms with E-state index in [0.717, 1.165) is 6.42 Å². The van der Waals surface area contributed by atoms with Crippen molar-refractivity contribution < 1.29 is 9.18 Å². The fourth-order valence-electron chi connectivity index (χ4n) is 1.60. The first-order valence-corrected chi connectivity index (χ1v) is 6.80. The van der Waals surface area contributed by atoms with Gasteiger partial charge in [-0.3, -0.25) is 4.79 Å². The molecule has 0 saturated heterocycles. The van der Waals surface area contributed by atoms with Crippen LogP contribution in [-0.4, -0.2) is 22.4 Å². The Morgan fingerprint density at radius 2 is 2.14 bits per heavy atom. The van der Waals surface area contributed by atoms with Crippen LogP contribution in [0.5, 0.6) is 0 Å². The van der Waals surface area contributed by atoms with Crippen molar-refractivity contribution in [2.24, 2.45) is 0 Å². The highest BCUT2D eigenvalue weighted by atomic mass is 35.5. The van der Waals surface area contributed by atoms with E-state index in [1.165, 1.54) is 30.6 Å². The molecule has 0 aliphatic carbocycles. The Kier molecular flexibility index (Phi) is 5.05. The number of hydrogen-bond donors (Lipinski definition) is 2. The monoisotopic (exact) mass is 308 g/mol. The zero-order valence-corrected chi connectivity index (χ0v) is 12.1. The van der Waals surface area contributed by atoms with Crippen molar-refractivity contribution in [1.29, 1.82) is 0 Å². The van der Waals surface area contributed by atoms with Crippen molar-refractivity contribution >= 4 is 29.0 Å². The van der Waals surface area contributed by atoms with Crippen molar-refractivity contribution in [1.82, 2.24) is 15.3 Å². The molecule has 5 nitrogen and oxygen atoms in total. The van der Waals surface area contributed by atoms with Gasteiger partial charge in [-0.15, -0.1) is 0 Å². The number of rotatable bonds is 5. The van der Waals surface area contributed by atoms with E-state index >= 15 is 0 Å². The molecular weight excluding hydrogens is 295 g/mol. The second-order valence-corrected chi connectivity index (χ2v) is 4.71. The summed E-state index contributed by atoms with van der Waals surface area (Å²) in [4.78, 5) is 19.7. The topological polar surface area (TPSA) is 66.9 Å². The van der Waals surface area contributed by atoms with Crippen LogP contribution in [0.4, 0.5) is 15.9 Å². The molecule has 7 heteroatoms. The molecule has 1 aromatic heterocycles. The van der Waals surface area contributed by atoms with E-state index in [1.807, 2.05) is 6.92 Å². The highest BCUT2D eigenvalue weighted by Crippen LogP contribution is 2.21. The molecule has 0 aliphatic heterocycles. The van der Waals surface area contributed by atoms with E-state index in [2.05, 4.69) is 20.6 Å². The van der Waals surface area contributed by atoms with Crippen LogP contribution in [-0.2, 0) is 0 Å². The average molecular weight is 309 g/mol. The SMILES string of the molecule is CCCNC(=O)c1cc(Nc2ccc(F)c(Cl)c2)ncn1. The summed E-state index contributed by atoms with van der Waals surface area (Å²) in [5.74, 6) is -0.335. The fourth-order valence-corrected chi connectivity index (χ4v) is 1.78. The number of aromatic nitrogens is 2. The molecule has 0 spiro atoms. The summed E-state index contributed by atoms with van der Waals surface area (Å²) in [7, 11) is 0. The van der Waals surface area contributed by atoms with Crippen molar-refractivity contribution in [2.75, 3.05) is 11.9 Å². The first-order chi connectivity index (χ1) is 10.1. The van der Waals surface area contributed by atoms with Crippen LogP contribution in [0, 0.1) is 5.82 Å². The molecule has 0 aliphatic rings. The molecule has 0 atom stereocenters. The predicted octanol–water partition coefficient (Wildman–Crippen LogP) is 3.15. The first kappa shape index (κ1) is 15.2. The number of nitrogens with one attached hydrogen (secondary N) is 2. The van der Waals surface area contributed by atoms with Gasteiger partial charge in [-0.1, -0.05) is 18.5 Å². The van der Waals surface area contributed by atoms with Crippen LogP contribution >= 0.6 is 11.6 Å². The highest BCUT2D eigenvalue weighted by molar-refractivity contribution is 6.31. The van der Waals surface area contributed by atoms with Gasteiger partial charge in [0.2, 0.25) is 0 Å². The van der Waals surface area contributed by atoms with Crippen molar-refractivity contribution in [3.05, 3.63) is 47.1 Å². The second-order valence-electron chi connectivity index (χ2n) is 4.30. The zero-order chi connectivity index (χ0) is 15.2. The molecule has 110 valence electrons. The number of carbonyl (C=O) groups is 1. The summed E-state index contributed by atoms with van der Waals surface area (Å²) >= 11 is 5.71. The van der Waals surface area contributed by atoms with Gasteiger partial charge in [0.15, 0.2) is 0 Å². The van der Waals surface area contributed by atoms with Crippen molar-refractivity contribution in [3.63, 3.8) is 0 Å². The van der Waals surface area contributed by atoms with Gasteiger partial charge in [-0.05, 0) is 24.6 Å². The Balaban J connectivity index is 2.13. The molecule has 2 N–H and O–H groups in total. The Bertz CT molecular complexity index is 651. The summed E-state index contributed by atoms with van der Waals surface area (Å²) in [6, 6.07) is 5.74. The molecule has 1 aromatic carbocycles. The lowest BCUT2D eigenvalue weighted by atomic mass is 10.3. The maximum atomic E-state index is 13.1. The smallest absolute Gasteiger partial charge is 0.270 e. The lowest BCUT2D eigenvalue weighted by Gasteiger charge is -2.08. The number of amides is 1. The van der Waals surface area contributed by atoms with Gasteiger partial charge in [-0.2, -0.15) is 0 Å². The van der Waals surface area contributed by atoms with Gasteiger partial charge in [0, 0.05) is 18.3 Å². The number of anilines is 2. The second kappa shape index (κ2) is 6.99. The fraction of sp³-hybridized carbons (Fsp3) is 0.214. The number of nitrogens with zero attached hydrogens (tertiary/aromatic N) is 2. The standard InChI is InChI=1S/C14H14ClFN4O/c1-2-5-17-14(21)12-7-13(19-8-18-12)20-9-3-4-11(16)10(15)6-9/h3-4,6-8H,2,5H2,1H3,(H,17,21)(H,18,19,20). The number of carbonyl (C=O) groups excluding carboxylic acids is 1. The van der Waals surface area contributed by atoms with Gasteiger partial charge in [0.25, 0.3) is 5.91 Å². The predicted molar refractivity (Wildman–Crippen MR) is 79.3 cm³/mol. The van der Waals surface area contributed by atoms with E-state index in [4.69, 9.17) is 11.6 Å². The molecule has 2 aromatic rings. The van der Waals surface area contributed by atoms with Crippen LogP contribution in [0.1, 0.15) is 23.8 Å². The van der Waals surface area contributed by atoms with E-state index < -0.39 is 5.82 Å². The van der Waals surface area contributed by atoms with Crippen LogP contribution in [0.25, 0.3) is 0 Å². The minimum atomic E-state index is -0.496. The van der Waals surface area contributed by atoms with E-state index in [-0.39, 0.29) is 16.6 Å². The molecule has 2 rings (SSSR count). The van der Waals surface area contributed by atoms with Gasteiger partial charge >= 0.3 is 0 Å². The Labute approximate surface area is 126 Å².